The molecule has 0 saturated carbocycles. The molecule has 11 heteroatoms. The summed E-state index contributed by atoms with van der Waals surface area (Å²) in [6.07, 6.45) is 4.15. The molecular weight excluding hydrogens is 597 g/mol. The fraction of sp³-hybridized carbons (Fsp3) is 0.273. The van der Waals surface area contributed by atoms with Gasteiger partial charge in [0.2, 0.25) is 5.95 Å². The Bertz CT molecular complexity index is 1890. The smallest absolute Gasteiger partial charge is 0.262 e. The average molecular weight is 629 g/mol. The van der Waals surface area contributed by atoms with Crippen LogP contribution in [0.1, 0.15) is 19.4 Å². The minimum atomic E-state index is -0.225. The highest BCUT2D eigenvalue weighted by atomic mass is 35.5. The Morgan fingerprint density at radius 2 is 1.86 bits per heavy atom. The number of halogens is 2. The molecule has 2 aromatic carbocycles. The quantitative estimate of drug-likeness (QED) is 0.225. The normalized spacial score (nSPS) is 18.6. The van der Waals surface area contributed by atoms with E-state index >= 15 is 0 Å². The number of benzene rings is 2. The van der Waals surface area contributed by atoms with Gasteiger partial charge in [0.15, 0.2) is 0 Å². The zero-order valence-electron chi connectivity index (χ0n) is 24.1. The van der Waals surface area contributed by atoms with E-state index in [0.717, 1.165) is 42.1 Å². The molecule has 2 fully saturated rings. The molecule has 2 aliphatic rings. The van der Waals surface area contributed by atoms with Gasteiger partial charge in [-0.1, -0.05) is 53.5 Å². The molecule has 0 spiro atoms. The summed E-state index contributed by atoms with van der Waals surface area (Å²) in [5, 5.41) is 8.43. The van der Waals surface area contributed by atoms with Crippen LogP contribution < -0.4 is 21.1 Å². The van der Waals surface area contributed by atoms with Gasteiger partial charge in [0, 0.05) is 61.3 Å². The second kappa shape index (κ2) is 12.2. The van der Waals surface area contributed by atoms with Crippen LogP contribution in [0, 0.1) is 0 Å². The number of pyridine rings is 2. The number of piperazine rings is 1. The van der Waals surface area contributed by atoms with Crippen LogP contribution in [-0.4, -0.2) is 58.4 Å². The Balaban J connectivity index is 1.25. The van der Waals surface area contributed by atoms with Gasteiger partial charge in [-0.2, -0.15) is 4.98 Å². The number of hydrogen-bond donors (Lipinski definition) is 2. The lowest BCUT2D eigenvalue weighted by Gasteiger charge is -2.36. The molecule has 0 amide bonds. The predicted molar refractivity (Wildman–Crippen MR) is 176 cm³/mol. The maximum absolute atomic E-state index is 14.1. The molecule has 9 nitrogen and oxygen atoms in total. The van der Waals surface area contributed by atoms with Crippen LogP contribution in [0.15, 0.2) is 77.9 Å². The number of aromatic nitrogens is 4. The summed E-state index contributed by atoms with van der Waals surface area (Å²) >= 11 is 13.5. The Morgan fingerprint density at radius 3 is 2.61 bits per heavy atom. The Labute approximate surface area is 264 Å². The Morgan fingerprint density at radius 1 is 1.00 bits per heavy atom. The van der Waals surface area contributed by atoms with Crippen molar-refractivity contribution in [3.8, 4) is 22.4 Å². The number of nitrogens with zero attached hydrogens (tertiary/aromatic N) is 5. The number of fused-ring (bicyclic) bond motifs is 1. The molecule has 2 atom stereocenters. The number of nitrogens with one attached hydrogen (secondary N) is 2. The summed E-state index contributed by atoms with van der Waals surface area (Å²) in [5.74, 6) is 0.361. The van der Waals surface area contributed by atoms with Crippen molar-refractivity contribution >= 4 is 51.6 Å². The first-order chi connectivity index (χ1) is 21.5. The van der Waals surface area contributed by atoms with Crippen molar-refractivity contribution in [3.05, 3.63) is 93.5 Å². The Kier molecular flexibility index (Phi) is 7.95. The molecule has 224 valence electrons. The molecule has 0 aliphatic carbocycles. The van der Waals surface area contributed by atoms with Gasteiger partial charge >= 0.3 is 0 Å². The lowest BCUT2D eigenvalue weighted by molar-refractivity contribution is 0.186. The van der Waals surface area contributed by atoms with Crippen LogP contribution in [0.2, 0.25) is 10.0 Å². The SMILES string of the molecule is CC1CNCCN1c1ccc(Nc2ncc3cc(-c4ncc(-c5ccccc5)cc4Cl)c(=O)n(C4CCOC4)c3n2)cc1Cl. The van der Waals surface area contributed by atoms with Crippen LogP contribution in [-0.2, 0) is 4.74 Å². The molecule has 2 saturated heterocycles. The lowest BCUT2D eigenvalue weighted by Crippen LogP contribution is -2.50. The van der Waals surface area contributed by atoms with E-state index in [1.165, 1.54) is 0 Å². The number of ether oxygens (including phenoxy) is 1. The average Bonchev–Trinajstić information content (AvgIpc) is 3.57. The fourth-order valence-electron chi connectivity index (χ4n) is 5.98. The van der Waals surface area contributed by atoms with Crippen molar-refractivity contribution in [3.63, 3.8) is 0 Å². The van der Waals surface area contributed by atoms with E-state index in [1.807, 2.05) is 54.6 Å². The molecule has 7 rings (SSSR count). The molecule has 0 bridgehead atoms. The van der Waals surface area contributed by atoms with E-state index in [4.69, 9.17) is 32.9 Å². The third-order valence-corrected chi connectivity index (χ3v) is 8.85. The Hall–Kier alpha value is -4.02. The molecule has 5 aromatic rings. The van der Waals surface area contributed by atoms with Crippen molar-refractivity contribution in [1.82, 2.24) is 24.8 Å². The van der Waals surface area contributed by atoms with Gasteiger partial charge < -0.3 is 20.3 Å². The fourth-order valence-corrected chi connectivity index (χ4v) is 6.54. The first-order valence-electron chi connectivity index (χ1n) is 14.7. The van der Waals surface area contributed by atoms with Crippen LogP contribution in [0.3, 0.4) is 0 Å². The van der Waals surface area contributed by atoms with Crippen molar-refractivity contribution in [1.29, 1.82) is 0 Å². The third-order valence-electron chi connectivity index (χ3n) is 8.26. The second-order valence-corrected chi connectivity index (χ2v) is 12.0. The van der Waals surface area contributed by atoms with Crippen molar-refractivity contribution in [2.75, 3.05) is 43.1 Å². The highest BCUT2D eigenvalue weighted by Gasteiger charge is 2.25. The van der Waals surface area contributed by atoms with E-state index in [9.17, 15) is 4.79 Å². The molecule has 0 radical (unpaired) electrons. The first kappa shape index (κ1) is 28.7. The van der Waals surface area contributed by atoms with Gasteiger partial charge in [0.25, 0.3) is 5.56 Å². The zero-order valence-corrected chi connectivity index (χ0v) is 25.6. The third kappa shape index (κ3) is 5.52. The molecule has 2 N–H and O–H groups in total. The minimum absolute atomic E-state index is 0.176. The second-order valence-electron chi connectivity index (χ2n) is 11.2. The molecule has 44 heavy (non-hydrogen) atoms. The topological polar surface area (TPSA) is 97.2 Å². The van der Waals surface area contributed by atoms with Gasteiger partial charge in [0.05, 0.1) is 39.6 Å². The number of hydrogen-bond acceptors (Lipinski definition) is 8. The zero-order chi connectivity index (χ0) is 30.2. The summed E-state index contributed by atoms with van der Waals surface area (Å²) in [5.41, 5.74) is 4.72. The van der Waals surface area contributed by atoms with E-state index in [2.05, 4.69) is 32.4 Å². The predicted octanol–water partition coefficient (Wildman–Crippen LogP) is 6.33. The van der Waals surface area contributed by atoms with Gasteiger partial charge in [0.1, 0.15) is 5.65 Å². The standard InChI is InChI=1S/C33H31Cl2N7O2/c1-20-16-36-10-11-41(20)29-8-7-24(15-27(29)34)39-33-38-18-23-13-26(32(43)42(31(23)40-33)25-9-12-44-19-25)30-28(35)14-22(17-37-30)21-5-3-2-4-6-21/h2-8,13-15,17-18,20,25,36H,9-12,16,19H2,1H3,(H,38,39,40). The molecule has 5 heterocycles. The van der Waals surface area contributed by atoms with Crippen LogP contribution in [0.25, 0.3) is 33.4 Å². The summed E-state index contributed by atoms with van der Waals surface area (Å²) < 4.78 is 7.38. The van der Waals surface area contributed by atoms with Crippen molar-refractivity contribution in [2.24, 2.45) is 0 Å². The van der Waals surface area contributed by atoms with Gasteiger partial charge in [-0.3, -0.25) is 14.3 Å². The van der Waals surface area contributed by atoms with Crippen molar-refractivity contribution in [2.45, 2.75) is 25.4 Å². The van der Waals surface area contributed by atoms with E-state index in [0.29, 0.717) is 64.0 Å². The summed E-state index contributed by atoms with van der Waals surface area (Å²) in [7, 11) is 0. The maximum atomic E-state index is 14.1. The maximum Gasteiger partial charge on any atom is 0.262 e. The highest BCUT2D eigenvalue weighted by molar-refractivity contribution is 6.33. The minimum Gasteiger partial charge on any atom is -0.379 e. The van der Waals surface area contributed by atoms with E-state index < -0.39 is 0 Å². The first-order valence-corrected chi connectivity index (χ1v) is 15.5. The number of anilines is 3. The molecule has 2 aliphatic heterocycles. The van der Waals surface area contributed by atoms with E-state index in [-0.39, 0.29) is 11.6 Å². The molecular formula is C33H31Cl2N7O2. The van der Waals surface area contributed by atoms with Gasteiger partial charge in [-0.05, 0) is 49.2 Å². The van der Waals surface area contributed by atoms with Gasteiger partial charge in [-0.15, -0.1) is 0 Å². The van der Waals surface area contributed by atoms with Crippen LogP contribution >= 0.6 is 23.2 Å². The largest absolute Gasteiger partial charge is 0.379 e. The van der Waals surface area contributed by atoms with Crippen molar-refractivity contribution < 1.29 is 4.74 Å². The summed E-state index contributed by atoms with van der Waals surface area (Å²) in [6, 6.07) is 19.5. The molecule has 2 unspecified atom stereocenters. The van der Waals surface area contributed by atoms with E-state index in [1.54, 1.807) is 23.0 Å². The summed E-state index contributed by atoms with van der Waals surface area (Å²) in [4.78, 5) is 30.4. The number of rotatable bonds is 6. The van der Waals surface area contributed by atoms with Crippen LogP contribution in [0.4, 0.5) is 17.3 Å². The monoisotopic (exact) mass is 627 g/mol. The summed E-state index contributed by atoms with van der Waals surface area (Å²) in [6.45, 7) is 5.90. The van der Waals surface area contributed by atoms with Crippen LogP contribution in [0.5, 0.6) is 0 Å². The lowest BCUT2D eigenvalue weighted by atomic mass is 10.1. The highest BCUT2D eigenvalue weighted by Crippen LogP contribution is 2.33. The van der Waals surface area contributed by atoms with Gasteiger partial charge in [-0.25, -0.2) is 4.98 Å². The molecule has 3 aromatic heterocycles.